The molecule has 28 heavy (non-hydrogen) atoms. The van der Waals surface area contributed by atoms with Crippen molar-refractivity contribution in [1.82, 2.24) is 20.5 Å². The van der Waals surface area contributed by atoms with Crippen molar-refractivity contribution in [3.05, 3.63) is 73.5 Å². The lowest BCUT2D eigenvalue weighted by atomic mass is 9.82. The third-order valence-corrected chi connectivity index (χ3v) is 5.58. The number of halogens is 1. The molecule has 1 fully saturated rings. The second-order valence-corrected chi connectivity index (χ2v) is 7.48. The number of hydrogen-bond acceptors (Lipinski definition) is 4. The summed E-state index contributed by atoms with van der Waals surface area (Å²) in [5.41, 5.74) is 0.645. The van der Waals surface area contributed by atoms with E-state index >= 15 is 0 Å². The van der Waals surface area contributed by atoms with Crippen LogP contribution in [0.2, 0.25) is 5.02 Å². The first kappa shape index (κ1) is 18.4. The molecule has 8 heteroatoms. The van der Waals surface area contributed by atoms with E-state index in [1.54, 1.807) is 6.07 Å². The van der Waals surface area contributed by atoms with Crippen LogP contribution in [-0.2, 0) is 0 Å². The number of amides is 1. The van der Waals surface area contributed by atoms with Gasteiger partial charge in [-0.2, -0.15) is 5.10 Å². The molecule has 1 aromatic carbocycles. The number of H-pyrrole nitrogens is 2. The fourth-order valence-corrected chi connectivity index (χ4v) is 3.99. The number of nitrogens with one attached hydrogen (secondary N) is 3. The van der Waals surface area contributed by atoms with Gasteiger partial charge >= 0.3 is 0 Å². The van der Waals surface area contributed by atoms with Crippen molar-refractivity contribution in [2.45, 2.75) is 37.6 Å². The Morgan fingerprint density at radius 1 is 1.07 bits per heavy atom. The van der Waals surface area contributed by atoms with E-state index in [0.717, 1.165) is 36.8 Å². The number of rotatable bonds is 3. The zero-order valence-electron chi connectivity index (χ0n) is 15.0. The van der Waals surface area contributed by atoms with Gasteiger partial charge in [-0.15, -0.1) is 0 Å². The average molecular weight is 399 g/mol. The summed E-state index contributed by atoms with van der Waals surface area (Å²) < 4.78 is 0. The van der Waals surface area contributed by atoms with E-state index in [1.807, 2.05) is 18.2 Å². The molecule has 0 aliphatic heterocycles. The third-order valence-electron chi connectivity index (χ3n) is 5.29. The summed E-state index contributed by atoms with van der Waals surface area (Å²) in [6, 6.07) is 8.91. The Morgan fingerprint density at radius 2 is 1.79 bits per heavy atom. The van der Waals surface area contributed by atoms with Crippen LogP contribution < -0.4 is 16.4 Å². The highest BCUT2D eigenvalue weighted by molar-refractivity contribution is 6.30. The molecule has 2 heterocycles. The molecule has 0 bridgehead atoms. The number of aromatic amines is 2. The van der Waals surface area contributed by atoms with Gasteiger partial charge in [-0.05, 0) is 37.8 Å². The summed E-state index contributed by atoms with van der Waals surface area (Å²) in [5.74, 6) is -0.0216. The average Bonchev–Trinajstić information content (AvgIpc) is 2.71. The van der Waals surface area contributed by atoms with Crippen LogP contribution in [0.5, 0.6) is 0 Å². The van der Waals surface area contributed by atoms with Crippen molar-refractivity contribution < 1.29 is 4.79 Å². The molecular formula is C20H19ClN4O3. The van der Waals surface area contributed by atoms with E-state index < -0.39 is 5.56 Å². The van der Waals surface area contributed by atoms with Crippen LogP contribution in [0.4, 0.5) is 0 Å². The van der Waals surface area contributed by atoms with E-state index in [1.165, 1.54) is 12.3 Å². The molecule has 3 N–H and O–H groups in total. The van der Waals surface area contributed by atoms with Crippen molar-refractivity contribution in [2.75, 3.05) is 0 Å². The Bertz CT molecular complexity index is 1150. The van der Waals surface area contributed by atoms with Crippen LogP contribution in [0.15, 0.2) is 46.1 Å². The molecule has 2 aromatic heterocycles. The summed E-state index contributed by atoms with van der Waals surface area (Å²) in [4.78, 5) is 38.1. The zero-order valence-corrected chi connectivity index (χ0v) is 15.8. The smallest absolute Gasteiger partial charge is 0.272 e. The number of hydrogen-bond donors (Lipinski definition) is 3. The lowest BCUT2D eigenvalue weighted by Gasteiger charge is -2.29. The van der Waals surface area contributed by atoms with E-state index in [9.17, 15) is 14.4 Å². The summed E-state index contributed by atoms with van der Waals surface area (Å²) in [6.45, 7) is 0. The molecule has 0 spiro atoms. The molecule has 3 aromatic rings. The number of aromatic nitrogens is 3. The van der Waals surface area contributed by atoms with Crippen molar-refractivity contribution >= 4 is 28.3 Å². The summed E-state index contributed by atoms with van der Waals surface area (Å²) in [7, 11) is 0. The van der Waals surface area contributed by atoms with E-state index in [-0.39, 0.29) is 28.4 Å². The minimum Gasteiger partial charge on any atom is -0.349 e. The van der Waals surface area contributed by atoms with Crippen molar-refractivity contribution in [2.24, 2.45) is 0 Å². The molecule has 0 unspecified atom stereocenters. The molecule has 0 atom stereocenters. The van der Waals surface area contributed by atoms with Gasteiger partial charge in [-0.25, -0.2) is 5.10 Å². The van der Waals surface area contributed by atoms with Crippen molar-refractivity contribution in [3.8, 4) is 0 Å². The van der Waals surface area contributed by atoms with Crippen LogP contribution in [0.3, 0.4) is 0 Å². The van der Waals surface area contributed by atoms with Gasteiger partial charge in [0.05, 0.1) is 16.6 Å². The monoisotopic (exact) mass is 398 g/mol. The van der Waals surface area contributed by atoms with Gasteiger partial charge in [0, 0.05) is 23.5 Å². The van der Waals surface area contributed by atoms with Gasteiger partial charge in [0.25, 0.3) is 17.0 Å². The number of nitrogens with zero attached hydrogens (tertiary/aromatic N) is 1. The quantitative estimate of drug-likeness (QED) is 0.630. The van der Waals surface area contributed by atoms with Gasteiger partial charge in [0.2, 0.25) is 0 Å². The lowest BCUT2D eigenvalue weighted by Crippen LogP contribution is -2.37. The second kappa shape index (κ2) is 7.59. The molecule has 1 amide bonds. The molecule has 0 radical (unpaired) electrons. The maximum atomic E-state index is 12.4. The maximum Gasteiger partial charge on any atom is 0.272 e. The van der Waals surface area contributed by atoms with E-state index in [2.05, 4.69) is 20.5 Å². The number of carbonyl (C=O) groups excluding carboxylic acids is 1. The first-order valence-corrected chi connectivity index (χ1v) is 9.57. The highest BCUT2D eigenvalue weighted by Crippen LogP contribution is 2.34. The zero-order chi connectivity index (χ0) is 19.7. The standard InChI is InChI=1S/C20H19ClN4O3/c21-16-9-12(10-22-20(16)28)18(26)23-13-7-5-11(6-8-13)17-14-3-1-2-4-15(14)19(27)25-24-17/h1-4,9-11,13H,5-8H2,(H,22,28)(H,23,26)(H,25,27). The molecule has 4 rings (SSSR count). The van der Waals surface area contributed by atoms with E-state index in [0.29, 0.717) is 10.9 Å². The summed E-state index contributed by atoms with van der Waals surface area (Å²) in [5, 5.41) is 11.4. The minimum atomic E-state index is -0.417. The highest BCUT2D eigenvalue weighted by atomic mass is 35.5. The summed E-state index contributed by atoms with van der Waals surface area (Å²) >= 11 is 5.79. The molecule has 1 aliphatic rings. The Labute approximate surface area is 165 Å². The number of benzene rings is 1. The van der Waals surface area contributed by atoms with Crippen LogP contribution >= 0.6 is 11.6 Å². The predicted molar refractivity (Wildman–Crippen MR) is 107 cm³/mol. The van der Waals surface area contributed by atoms with Gasteiger partial charge in [-0.1, -0.05) is 29.8 Å². The third kappa shape index (κ3) is 3.57. The van der Waals surface area contributed by atoms with Crippen molar-refractivity contribution in [1.29, 1.82) is 0 Å². The molecule has 1 saturated carbocycles. The molecular weight excluding hydrogens is 380 g/mol. The summed E-state index contributed by atoms with van der Waals surface area (Å²) in [6.07, 6.45) is 4.71. The highest BCUT2D eigenvalue weighted by Gasteiger charge is 2.26. The van der Waals surface area contributed by atoms with Gasteiger partial charge in [0.1, 0.15) is 5.02 Å². The second-order valence-electron chi connectivity index (χ2n) is 7.07. The lowest BCUT2D eigenvalue weighted by molar-refractivity contribution is 0.0925. The van der Waals surface area contributed by atoms with Gasteiger partial charge in [0.15, 0.2) is 0 Å². The largest absolute Gasteiger partial charge is 0.349 e. The Morgan fingerprint density at radius 3 is 2.50 bits per heavy atom. The van der Waals surface area contributed by atoms with Crippen LogP contribution in [0.1, 0.15) is 47.7 Å². The van der Waals surface area contributed by atoms with Crippen LogP contribution in [0.25, 0.3) is 10.8 Å². The SMILES string of the molecule is O=C(NC1CCC(c2n[nH]c(=O)c3ccccc23)CC1)c1c[nH]c(=O)c(Cl)c1. The molecule has 1 aliphatic carbocycles. The first-order valence-electron chi connectivity index (χ1n) is 9.19. The van der Waals surface area contributed by atoms with E-state index in [4.69, 9.17) is 11.6 Å². The number of carbonyl (C=O) groups is 1. The minimum absolute atomic E-state index is 0.00705. The fourth-order valence-electron chi connectivity index (χ4n) is 3.81. The Hall–Kier alpha value is -2.93. The number of pyridine rings is 1. The first-order chi connectivity index (χ1) is 13.5. The Kier molecular flexibility index (Phi) is 5.00. The van der Waals surface area contributed by atoms with Crippen molar-refractivity contribution in [3.63, 3.8) is 0 Å². The number of fused-ring (bicyclic) bond motifs is 1. The maximum absolute atomic E-state index is 12.4. The predicted octanol–water partition coefficient (Wildman–Crippen LogP) is 2.72. The molecule has 7 nitrogen and oxygen atoms in total. The van der Waals surface area contributed by atoms with Crippen LogP contribution in [-0.4, -0.2) is 27.1 Å². The fraction of sp³-hybridized carbons (Fsp3) is 0.300. The normalized spacial score (nSPS) is 19.5. The molecule has 0 saturated heterocycles. The topological polar surface area (TPSA) is 108 Å². The molecule has 144 valence electrons. The Balaban J connectivity index is 1.44. The van der Waals surface area contributed by atoms with Crippen LogP contribution in [0, 0.1) is 0 Å². The van der Waals surface area contributed by atoms with Gasteiger partial charge in [-0.3, -0.25) is 14.4 Å². The van der Waals surface area contributed by atoms with Gasteiger partial charge < -0.3 is 10.3 Å².